The molecule has 0 spiro atoms. The van der Waals surface area contributed by atoms with Crippen LogP contribution in [0, 0.1) is 18.6 Å². The molecule has 39 heavy (non-hydrogen) atoms. The number of benzene rings is 1. The van der Waals surface area contributed by atoms with E-state index < -0.39 is 11.6 Å². The second-order valence-electron chi connectivity index (χ2n) is 9.23. The number of rotatable bonds is 7. The quantitative estimate of drug-likeness (QED) is 0.276. The van der Waals surface area contributed by atoms with Gasteiger partial charge in [0.15, 0.2) is 0 Å². The summed E-state index contributed by atoms with van der Waals surface area (Å²) in [5.41, 5.74) is 5.10. The van der Waals surface area contributed by atoms with Crippen LogP contribution in [0.1, 0.15) is 18.2 Å². The van der Waals surface area contributed by atoms with E-state index in [-0.39, 0.29) is 10.9 Å². The highest BCUT2D eigenvalue weighted by Gasteiger charge is 2.21. The highest BCUT2D eigenvalue weighted by molar-refractivity contribution is 5.99. The Morgan fingerprint density at radius 1 is 1.13 bits per heavy atom. The molecule has 0 radical (unpaired) electrons. The summed E-state index contributed by atoms with van der Waals surface area (Å²) in [6.45, 7) is 10.2. The molecule has 0 unspecified atom stereocenters. The van der Waals surface area contributed by atoms with E-state index in [0.29, 0.717) is 54.8 Å². The molecule has 0 atom stereocenters. The molecule has 1 saturated heterocycles. The van der Waals surface area contributed by atoms with Crippen LogP contribution in [0.4, 0.5) is 26.0 Å². The fraction of sp³-hybridized carbons (Fsp3) is 0.233. The summed E-state index contributed by atoms with van der Waals surface area (Å²) in [5.74, 6) is -0.144. The molecule has 4 aromatic rings. The van der Waals surface area contributed by atoms with Crippen molar-refractivity contribution in [2.45, 2.75) is 13.8 Å². The van der Waals surface area contributed by atoms with Crippen LogP contribution in [-0.2, 0) is 4.74 Å². The number of morpholine rings is 1. The molecule has 0 bridgehead atoms. The summed E-state index contributed by atoms with van der Waals surface area (Å²) >= 11 is 0. The number of halogens is 2. The molecule has 3 aromatic heterocycles. The molecule has 4 heterocycles. The maximum absolute atomic E-state index is 15.3. The van der Waals surface area contributed by atoms with Gasteiger partial charge in [0.2, 0.25) is 5.88 Å². The molecule has 7 nitrogen and oxygen atoms in total. The Morgan fingerprint density at radius 3 is 2.62 bits per heavy atom. The van der Waals surface area contributed by atoms with Gasteiger partial charge in [0.05, 0.1) is 48.3 Å². The second-order valence-corrected chi connectivity index (χ2v) is 9.23. The number of hydrogen-bond donors (Lipinski definition) is 1. The molecule has 9 heteroatoms. The minimum Gasteiger partial charge on any atom is -0.481 e. The summed E-state index contributed by atoms with van der Waals surface area (Å²) in [7, 11) is 1.56. The van der Waals surface area contributed by atoms with Crippen molar-refractivity contribution in [2.75, 3.05) is 43.6 Å². The Kier molecular flexibility index (Phi) is 7.51. The van der Waals surface area contributed by atoms with Gasteiger partial charge in [-0.05, 0) is 31.1 Å². The molecule has 200 valence electrons. The van der Waals surface area contributed by atoms with Gasteiger partial charge in [-0.25, -0.2) is 23.7 Å². The van der Waals surface area contributed by atoms with Crippen LogP contribution < -0.4 is 15.0 Å². The van der Waals surface area contributed by atoms with Crippen LogP contribution in [0.2, 0.25) is 0 Å². The first-order chi connectivity index (χ1) is 18.9. The van der Waals surface area contributed by atoms with Crippen molar-refractivity contribution in [3.8, 4) is 17.0 Å². The molecule has 0 amide bonds. The van der Waals surface area contributed by atoms with Gasteiger partial charge in [-0.1, -0.05) is 18.7 Å². The first kappa shape index (κ1) is 26.2. The lowest BCUT2D eigenvalue weighted by Gasteiger charge is -2.28. The zero-order chi connectivity index (χ0) is 27.5. The molecule has 5 rings (SSSR count). The Labute approximate surface area is 225 Å². The van der Waals surface area contributed by atoms with Crippen molar-refractivity contribution in [1.82, 2.24) is 15.0 Å². The highest BCUT2D eigenvalue weighted by Crippen LogP contribution is 2.39. The number of ether oxygens (including phenoxy) is 2. The number of pyridine rings is 3. The predicted molar refractivity (Wildman–Crippen MR) is 151 cm³/mol. The zero-order valence-corrected chi connectivity index (χ0v) is 22.1. The summed E-state index contributed by atoms with van der Waals surface area (Å²) in [6, 6.07) is 7.71. The topological polar surface area (TPSA) is 72.4 Å². The van der Waals surface area contributed by atoms with Crippen LogP contribution in [-0.4, -0.2) is 48.4 Å². The van der Waals surface area contributed by atoms with E-state index in [2.05, 4.69) is 26.8 Å². The summed E-state index contributed by atoms with van der Waals surface area (Å²) < 4.78 is 40.3. The van der Waals surface area contributed by atoms with Crippen LogP contribution in [0.3, 0.4) is 0 Å². The average Bonchev–Trinajstić information content (AvgIpc) is 2.95. The lowest BCUT2D eigenvalue weighted by molar-refractivity contribution is 0.122. The third-order valence-corrected chi connectivity index (χ3v) is 6.73. The summed E-state index contributed by atoms with van der Waals surface area (Å²) in [5, 5.41) is 3.68. The SMILES string of the molecule is C=C/C=C(\C)c1nc2cc(F)cc(F)c2c(Nc2cc(N3CCOCC3)ncc2-c2ccc(OC)nc2)c1C. The molecular formula is C30H29F2N5O2. The Balaban J connectivity index is 1.72. The number of aromatic nitrogens is 3. The van der Waals surface area contributed by atoms with Gasteiger partial charge < -0.3 is 19.7 Å². The summed E-state index contributed by atoms with van der Waals surface area (Å²) in [6.07, 6.45) is 6.95. The Morgan fingerprint density at radius 2 is 1.92 bits per heavy atom. The number of nitrogens with one attached hydrogen (secondary N) is 1. The lowest BCUT2D eigenvalue weighted by atomic mass is 10.0. The van der Waals surface area contributed by atoms with Gasteiger partial charge in [-0.15, -0.1) is 0 Å². The molecule has 1 aliphatic heterocycles. The molecular weight excluding hydrogens is 500 g/mol. The van der Waals surface area contributed by atoms with E-state index in [1.54, 1.807) is 31.6 Å². The van der Waals surface area contributed by atoms with Crippen molar-refractivity contribution in [2.24, 2.45) is 0 Å². The first-order valence-electron chi connectivity index (χ1n) is 12.6. The number of allylic oxidation sites excluding steroid dienone is 3. The van der Waals surface area contributed by atoms with Crippen molar-refractivity contribution in [1.29, 1.82) is 0 Å². The van der Waals surface area contributed by atoms with Gasteiger partial charge in [0.25, 0.3) is 0 Å². The third-order valence-electron chi connectivity index (χ3n) is 6.73. The lowest BCUT2D eigenvalue weighted by Crippen LogP contribution is -2.36. The van der Waals surface area contributed by atoms with E-state index in [1.807, 2.05) is 32.1 Å². The number of anilines is 3. The zero-order valence-electron chi connectivity index (χ0n) is 22.1. The maximum Gasteiger partial charge on any atom is 0.212 e. The Bertz CT molecular complexity index is 1560. The summed E-state index contributed by atoms with van der Waals surface area (Å²) in [4.78, 5) is 15.8. The van der Waals surface area contributed by atoms with Crippen molar-refractivity contribution < 1.29 is 18.3 Å². The average molecular weight is 530 g/mol. The number of fused-ring (bicyclic) bond motifs is 1. The molecule has 1 N–H and O–H groups in total. The van der Waals surface area contributed by atoms with E-state index in [4.69, 9.17) is 14.5 Å². The standard InChI is InChI=1S/C30H29F2N5O2/c1-5-6-18(2)29-19(3)30(28-23(32)13-21(31)14-25(28)36-29)35-24-15-26(37-9-11-39-12-10-37)33-17-22(24)20-7-8-27(38-4)34-16-20/h5-8,13-17H,1,9-12H2,2-4H3,(H,33,35,36)/b18-6+. The molecule has 1 aliphatic rings. The largest absolute Gasteiger partial charge is 0.481 e. The predicted octanol–water partition coefficient (Wildman–Crippen LogP) is 6.46. The fourth-order valence-electron chi connectivity index (χ4n) is 4.74. The van der Waals surface area contributed by atoms with Gasteiger partial charge in [-0.3, -0.25) is 0 Å². The van der Waals surface area contributed by atoms with E-state index >= 15 is 4.39 Å². The van der Waals surface area contributed by atoms with Crippen molar-refractivity contribution in [3.63, 3.8) is 0 Å². The van der Waals surface area contributed by atoms with Crippen molar-refractivity contribution >= 4 is 33.7 Å². The highest BCUT2D eigenvalue weighted by atomic mass is 19.1. The maximum atomic E-state index is 15.3. The van der Waals surface area contributed by atoms with E-state index in [1.165, 1.54) is 6.07 Å². The third kappa shape index (κ3) is 5.31. The fourth-order valence-corrected chi connectivity index (χ4v) is 4.74. The van der Waals surface area contributed by atoms with Crippen LogP contribution >= 0.6 is 0 Å². The molecule has 1 fully saturated rings. The Hall–Kier alpha value is -4.37. The van der Waals surface area contributed by atoms with E-state index in [0.717, 1.165) is 28.6 Å². The molecule has 0 aliphatic carbocycles. The molecule has 0 saturated carbocycles. The van der Waals surface area contributed by atoms with Gasteiger partial charge in [-0.2, -0.15) is 0 Å². The minimum absolute atomic E-state index is 0.201. The van der Waals surface area contributed by atoms with Gasteiger partial charge >= 0.3 is 0 Å². The number of nitrogens with zero attached hydrogens (tertiary/aromatic N) is 4. The normalized spacial score (nSPS) is 14.0. The second kappa shape index (κ2) is 11.2. The number of methoxy groups -OCH3 is 1. The molecule has 1 aromatic carbocycles. The van der Waals surface area contributed by atoms with Gasteiger partial charge in [0, 0.05) is 60.9 Å². The van der Waals surface area contributed by atoms with Gasteiger partial charge in [0.1, 0.15) is 17.5 Å². The van der Waals surface area contributed by atoms with Crippen LogP contribution in [0.15, 0.2) is 61.5 Å². The smallest absolute Gasteiger partial charge is 0.212 e. The van der Waals surface area contributed by atoms with E-state index in [9.17, 15) is 4.39 Å². The minimum atomic E-state index is -0.699. The van der Waals surface area contributed by atoms with Crippen LogP contribution in [0.5, 0.6) is 5.88 Å². The first-order valence-corrected chi connectivity index (χ1v) is 12.6. The monoisotopic (exact) mass is 529 g/mol. The number of hydrogen-bond acceptors (Lipinski definition) is 7. The van der Waals surface area contributed by atoms with Crippen LogP contribution in [0.25, 0.3) is 27.6 Å². The van der Waals surface area contributed by atoms with Crippen molar-refractivity contribution in [3.05, 3.63) is 84.3 Å².